The van der Waals surface area contributed by atoms with Crippen molar-refractivity contribution >= 4 is 5.97 Å². The van der Waals surface area contributed by atoms with Crippen LogP contribution in [0.1, 0.15) is 0 Å². The molecule has 3 nitrogen and oxygen atoms in total. The van der Waals surface area contributed by atoms with Crippen LogP contribution in [0.15, 0.2) is 24.8 Å². The number of hydrogen-bond acceptors (Lipinski definition) is 2. The van der Waals surface area contributed by atoms with Gasteiger partial charge in [-0.15, -0.1) is 0 Å². The van der Waals surface area contributed by atoms with Gasteiger partial charge in [-0.2, -0.15) is 0 Å². The minimum absolute atomic E-state index is 0.307. The molecule has 74 valence electrons. The third-order valence-electron chi connectivity index (χ3n) is 1.50. The first-order valence-corrected chi connectivity index (χ1v) is 4.16. The van der Waals surface area contributed by atoms with E-state index in [0.29, 0.717) is 12.2 Å². The van der Waals surface area contributed by atoms with Crippen LogP contribution in [0.5, 0.6) is 0 Å². The Kier molecular flexibility index (Phi) is 4.42. The molecular formula is C10H18NO2+. The lowest BCUT2D eigenvalue weighted by Gasteiger charge is -2.23. The first-order chi connectivity index (χ1) is 5.87. The third kappa shape index (κ3) is 6.11. The molecular weight excluding hydrogens is 166 g/mol. The van der Waals surface area contributed by atoms with Gasteiger partial charge in [0, 0.05) is 0 Å². The third-order valence-corrected chi connectivity index (χ3v) is 1.50. The number of quaternary nitrogens is 1. The van der Waals surface area contributed by atoms with Gasteiger partial charge in [0.2, 0.25) is 0 Å². The topological polar surface area (TPSA) is 26.3 Å². The Balaban J connectivity index is 3.72. The molecule has 0 aliphatic heterocycles. The first-order valence-electron chi connectivity index (χ1n) is 4.16. The van der Waals surface area contributed by atoms with E-state index in [2.05, 4.69) is 13.2 Å². The molecule has 0 aromatic carbocycles. The maximum Gasteiger partial charge on any atom is 0.337 e. The first kappa shape index (κ1) is 11.9. The number of ether oxygens (including phenoxy) is 1. The summed E-state index contributed by atoms with van der Waals surface area (Å²) < 4.78 is 5.72. The van der Waals surface area contributed by atoms with Gasteiger partial charge in [-0.1, -0.05) is 19.2 Å². The monoisotopic (exact) mass is 184 g/mol. The van der Waals surface area contributed by atoms with Crippen LogP contribution in [-0.2, 0) is 9.53 Å². The molecule has 0 bridgehead atoms. The Morgan fingerprint density at radius 2 is 2.00 bits per heavy atom. The Labute approximate surface area is 79.9 Å². The van der Waals surface area contributed by atoms with Crippen LogP contribution in [-0.4, -0.2) is 44.7 Å². The lowest BCUT2D eigenvalue weighted by Crippen LogP contribution is -2.38. The SMILES string of the molecule is C=CC(=C)C(=O)OCC[N+](C)(C)C. The van der Waals surface area contributed by atoms with E-state index in [0.717, 1.165) is 11.0 Å². The zero-order chi connectivity index (χ0) is 10.5. The van der Waals surface area contributed by atoms with Crippen molar-refractivity contribution in [2.24, 2.45) is 0 Å². The molecule has 0 atom stereocenters. The van der Waals surface area contributed by atoms with Gasteiger partial charge in [0.25, 0.3) is 0 Å². The molecule has 0 aromatic rings. The molecule has 0 amide bonds. The largest absolute Gasteiger partial charge is 0.456 e. The highest BCUT2D eigenvalue weighted by molar-refractivity contribution is 5.90. The average molecular weight is 184 g/mol. The van der Waals surface area contributed by atoms with E-state index in [1.165, 1.54) is 6.08 Å². The summed E-state index contributed by atoms with van der Waals surface area (Å²) in [4.78, 5) is 11.1. The number of likely N-dealkylation sites (N-methyl/N-ethyl adjacent to an activating group) is 1. The van der Waals surface area contributed by atoms with Crippen LogP contribution in [0.2, 0.25) is 0 Å². The summed E-state index contributed by atoms with van der Waals surface area (Å²) in [6, 6.07) is 0. The van der Waals surface area contributed by atoms with Crippen LogP contribution in [0.3, 0.4) is 0 Å². The molecule has 0 rings (SSSR count). The molecule has 0 aliphatic carbocycles. The van der Waals surface area contributed by atoms with Crippen molar-refractivity contribution in [2.45, 2.75) is 0 Å². The number of hydrogen-bond donors (Lipinski definition) is 0. The van der Waals surface area contributed by atoms with E-state index in [-0.39, 0.29) is 5.97 Å². The van der Waals surface area contributed by atoms with E-state index in [9.17, 15) is 4.79 Å². The molecule has 13 heavy (non-hydrogen) atoms. The molecule has 0 aromatic heterocycles. The van der Waals surface area contributed by atoms with Gasteiger partial charge in [-0.05, 0) is 0 Å². The van der Waals surface area contributed by atoms with E-state index in [1.807, 2.05) is 21.1 Å². The number of nitrogens with zero attached hydrogens (tertiary/aromatic N) is 1. The second-order valence-electron chi connectivity index (χ2n) is 3.88. The summed E-state index contributed by atoms with van der Waals surface area (Å²) in [7, 11) is 6.11. The minimum atomic E-state index is -0.386. The van der Waals surface area contributed by atoms with E-state index < -0.39 is 0 Å². The smallest absolute Gasteiger partial charge is 0.337 e. The molecule has 0 saturated carbocycles. The second kappa shape index (κ2) is 4.82. The van der Waals surface area contributed by atoms with Gasteiger partial charge >= 0.3 is 5.97 Å². The zero-order valence-corrected chi connectivity index (χ0v) is 8.67. The van der Waals surface area contributed by atoms with E-state index in [4.69, 9.17) is 4.74 Å². The van der Waals surface area contributed by atoms with Crippen molar-refractivity contribution in [1.82, 2.24) is 0 Å². The Hall–Kier alpha value is -1.09. The average Bonchev–Trinajstić information content (AvgIpc) is 2.00. The molecule has 0 spiro atoms. The summed E-state index contributed by atoms with van der Waals surface area (Å²) in [5, 5.41) is 0. The summed E-state index contributed by atoms with van der Waals surface area (Å²) in [5.74, 6) is -0.386. The van der Waals surface area contributed by atoms with Crippen molar-refractivity contribution in [3.05, 3.63) is 24.8 Å². The van der Waals surface area contributed by atoms with Gasteiger partial charge in [0.15, 0.2) is 0 Å². The second-order valence-corrected chi connectivity index (χ2v) is 3.88. The fourth-order valence-corrected chi connectivity index (χ4v) is 0.588. The number of rotatable bonds is 5. The normalized spacial score (nSPS) is 10.7. The van der Waals surface area contributed by atoms with Crippen LogP contribution < -0.4 is 0 Å². The lowest BCUT2D eigenvalue weighted by atomic mass is 10.3. The van der Waals surface area contributed by atoms with Crippen molar-refractivity contribution in [3.8, 4) is 0 Å². The summed E-state index contributed by atoms with van der Waals surface area (Å²) in [6.45, 7) is 8.12. The predicted molar refractivity (Wildman–Crippen MR) is 53.2 cm³/mol. The van der Waals surface area contributed by atoms with Crippen molar-refractivity contribution in [1.29, 1.82) is 0 Å². The van der Waals surface area contributed by atoms with Crippen LogP contribution in [0.4, 0.5) is 0 Å². The number of esters is 1. The Morgan fingerprint density at radius 3 is 2.38 bits per heavy atom. The summed E-state index contributed by atoms with van der Waals surface area (Å²) >= 11 is 0. The maximum atomic E-state index is 11.1. The van der Waals surface area contributed by atoms with E-state index in [1.54, 1.807) is 0 Å². The highest BCUT2D eigenvalue weighted by Gasteiger charge is 2.09. The van der Waals surface area contributed by atoms with Gasteiger partial charge < -0.3 is 9.22 Å². The zero-order valence-electron chi connectivity index (χ0n) is 8.67. The van der Waals surface area contributed by atoms with Gasteiger partial charge in [-0.25, -0.2) is 4.79 Å². The molecule has 0 heterocycles. The lowest BCUT2D eigenvalue weighted by molar-refractivity contribution is -0.870. The summed E-state index contributed by atoms with van der Waals surface area (Å²) in [6.07, 6.45) is 1.40. The fourth-order valence-electron chi connectivity index (χ4n) is 0.588. The molecule has 3 heteroatoms. The fraction of sp³-hybridized carbons (Fsp3) is 0.500. The van der Waals surface area contributed by atoms with Crippen LogP contribution >= 0.6 is 0 Å². The molecule has 0 N–H and O–H groups in total. The van der Waals surface area contributed by atoms with Gasteiger partial charge in [-0.3, -0.25) is 0 Å². The van der Waals surface area contributed by atoms with E-state index >= 15 is 0 Å². The highest BCUT2D eigenvalue weighted by Crippen LogP contribution is 1.96. The number of carbonyl (C=O) groups excluding carboxylic acids is 1. The number of carbonyl (C=O) groups is 1. The highest BCUT2D eigenvalue weighted by atomic mass is 16.5. The Bertz CT molecular complexity index is 213. The quantitative estimate of drug-likeness (QED) is 0.275. The Morgan fingerprint density at radius 1 is 1.46 bits per heavy atom. The molecule has 0 radical (unpaired) electrons. The van der Waals surface area contributed by atoms with Crippen LogP contribution in [0, 0.1) is 0 Å². The molecule has 0 saturated heterocycles. The van der Waals surface area contributed by atoms with Gasteiger partial charge in [0.1, 0.15) is 13.2 Å². The predicted octanol–water partition coefficient (Wildman–Crippen LogP) is 0.978. The summed E-state index contributed by atoms with van der Waals surface area (Å²) in [5.41, 5.74) is 0.307. The van der Waals surface area contributed by atoms with Crippen molar-refractivity contribution < 1.29 is 14.0 Å². The minimum Gasteiger partial charge on any atom is -0.456 e. The molecule has 0 unspecified atom stereocenters. The molecule has 0 fully saturated rings. The van der Waals surface area contributed by atoms with Gasteiger partial charge in [0.05, 0.1) is 26.7 Å². The maximum absolute atomic E-state index is 11.1. The van der Waals surface area contributed by atoms with Crippen LogP contribution in [0.25, 0.3) is 0 Å². The molecule has 0 aliphatic rings. The van der Waals surface area contributed by atoms with Crippen molar-refractivity contribution in [2.75, 3.05) is 34.3 Å². The standard InChI is InChI=1S/C10H18NO2/c1-6-9(2)10(12)13-8-7-11(3,4)5/h6H,1-2,7-8H2,3-5H3/q+1. The van der Waals surface area contributed by atoms with Crippen molar-refractivity contribution in [3.63, 3.8) is 0 Å².